The summed E-state index contributed by atoms with van der Waals surface area (Å²) >= 11 is 0. The fourth-order valence-electron chi connectivity index (χ4n) is 2.38. The highest BCUT2D eigenvalue weighted by Gasteiger charge is 2.24. The van der Waals surface area contributed by atoms with Gasteiger partial charge < -0.3 is 10.4 Å². The highest BCUT2D eigenvalue weighted by atomic mass is 16.4. The van der Waals surface area contributed by atoms with Crippen LogP contribution in [0.3, 0.4) is 0 Å². The molecule has 0 aliphatic heterocycles. The molecule has 7 nitrogen and oxygen atoms in total. The zero-order chi connectivity index (χ0) is 17.0. The number of nitrogens with one attached hydrogen (secondary N) is 1. The van der Waals surface area contributed by atoms with Crippen LogP contribution in [0.2, 0.25) is 0 Å². The van der Waals surface area contributed by atoms with E-state index in [1.807, 2.05) is 13.8 Å². The first-order chi connectivity index (χ1) is 10.9. The summed E-state index contributed by atoms with van der Waals surface area (Å²) in [5, 5.41) is 11.5. The molecule has 1 aromatic carbocycles. The number of carboxylic acid groups (broad SMARTS) is 1. The van der Waals surface area contributed by atoms with Crippen molar-refractivity contribution < 1.29 is 14.7 Å². The molecule has 0 spiro atoms. The van der Waals surface area contributed by atoms with Crippen LogP contribution in [0.5, 0.6) is 0 Å². The van der Waals surface area contributed by atoms with Gasteiger partial charge >= 0.3 is 5.97 Å². The highest BCUT2D eigenvalue weighted by Crippen LogP contribution is 2.17. The number of hydrogen-bond donors (Lipinski definition) is 2. The third-order valence-electron chi connectivity index (χ3n) is 3.44. The Balaban J connectivity index is 2.43. The molecular weight excluding hydrogens is 298 g/mol. The number of fused-ring (bicyclic) bond motifs is 1. The van der Waals surface area contributed by atoms with Crippen LogP contribution in [0.15, 0.2) is 35.4 Å². The lowest BCUT2D eigenvalue weighted by Gasteiger charge is -2.20. The first-order valence-electron chi connectivity index (χ1n) is 7.35. The lowest BCUT2D eigenvalue weighted by atomic mass is 10.0. The van der Waals surface area contributed by atoms with Gasteiger partial charge in [0.25, 0.3) is 5.56 Å². The van der Waals surface area contributed by atoms with E-state index in [1.165, 1.54) is 10.9 Å². The molecule has 2 N–H and O–H groups in total. The van der Waals surface area contributed by atoms with Crippen molar-refractivity contribution in [1.82, 2.24) is 14.9 Å². The van der Waals surface area contributed by atoms with Crippen LogP contribution in [0.1, 0.15) is 26.3 Å². The molecule has 1 atom stereocenters. The number of aromatic nitrogens is 2. The molecule has 0 aliphatic rings. The molecule has 2 rings (SSSR count). The maximum absolute atomic E-state index is 12.6. The van der Waals surface area contributed by atoms with Gasteiger partial charge in [0.05, 0.1) is 17.2 Å². The predicted molar refractivity (Wildman–Crippen MR) is 85.1 cm³/mol. The Morgan fingerprint density at radius 3 is 2.65 bits per heavy atom. The number of amides is 1. The normalized spacial score (nSPS) is 12.3. The Hall–Kier alpha value is -2.70. The van der Waals surface area contributed by atoms with Crippen molar-refractivity contribution in [3.63, 3.8) is 0 Å². The Labute approximate surface area is 133 Å². The number of carboxylic acids is 1. The van der Waals surface area contributed by atoms with Crippen LogP contribution in [0.25, 0.3) is 10.9 Å². The molecule has 0 fully saturated rings. The number of aliphatic carboxylic acids is 1. The summed E-state index contributed by atoms with van der Waals surface area (Å²) in [6.07, 6.45) is 1.75. The van der Waals surface area contributed by atoms with E-state index in [1.54, 1.807) is 24.3 Å². The van der Waals surface area contributed by atoms with Crippen molar-refractivity contribution >= 4 is 22.8 Å². The van der Waals surface area contributed by atoms with Crippen molar-refractivity contribution in [1.29, 1.82) is 0 Å². The summed E-state index contributed by atoms with van der Waals surface area (Å²) in [7, 11) is 0. The summed E-state index contributed by atoms with van der Waals surface area (Å²) in [5.74, 6) is -1.49. The number of rotatable bonds is 6. The van der Waals surface area contributed by atoms with Gasteiger partial charge in [0, 0.05) is 0 Å². The SMILES string of the molecule is CC(C)CC(C(=O)NCC(=O)O)n1cnc2ccccc2c1=O. The zero-order valence-corrected chi connectivity index (χ0v) is 13.0. The fraction of sp³-hybridized carbons (Fsp3) is 0.375. The van der Waals surface area contributed by atoms with E-state index in [4.69, 9.17) is 5.11 Å². The van der Waals surface area contributed by atoms with E-state index >= 15 is 0 Å². The van der Waals surface area contributed by atoms with Gasteiger partial charge in [0.2, 0.25) is 5.91 Å². The van der Waals surface area contributed by atoms with E-state index < -0.39 is 24.5 Å². The number of nitrogens with zero attached hydrogens (tertiary/aromatic N) is 2. The molecule has 0 aliphatic carbocycles. The van der Waals surface area contributed by atoms with Crippen molar-refractivity contribution in [3.05, 3.63) is 40.9 Å². The Kier molecular flexibility index (Phi) is 5.10. The summed E-state index contributed by atoms with van der Waals surface area (Å²) in [6.45, 7) is 3.37. The van der Waals surface area contributed by atoms with Gasteiger partial charge in [-0.25, -0.2) is 4.98 Å². The van der Waals surface area contributed by atoms with Gasteiger partial charge in [-0.1, -0.05) is 26.0 Å². The summed E-state index contributed by atoms with van der Waals surface area (Å²) in [5.41, 5.74) is 0.245. The van der Waals surface area contributed by atoms with Crippen LogP contribution in [0, 0.1) is 5.92 Å². The first-order valence-corrected chi connectivity index (χ1v) is 7.35. The second-order valence-corrected chi connectivity index (χ2v) is 5.73. The first kappa shape index (κ1) is 16.7. The van der Waals surface area contributed by atoms with Crippen molar-refractivity contribution in [3.8, 4) is 0 Å². The minimum atomic E-state index is -1.13. The van der Waals surface area contributed by atoms with E-state index in [9.17, 15) is 14.4 Å². The minimum Gasteiger partial charge on any atom is -0.480 e. The Morgan fingerprint density at radius 1 is 1.30 bits per heavy atom. The topological polar surface area (TPSA) is 101 Å². The molecule has 0 radical (unpaired) electrons. The lowest BCUT2D eigenvalue weighted by Crippen LogP contribution is -2.40. The average molecular weight is 317 g/mol. The second-order valence-electron chi connectivity index (χ2n) is 5.73. The monoisotopic (exact) mass is 317 g/mol. The largest absolute Gasteiger partial charge is 0.480 e. The third kappa shape index (κ3) is 3.94. The maximum Gasteiger partial charge on any atom is 0.322 e. The van der Waals surface area contributed by atoms with Crippen LogP contribution < -0.4 is 10.9 Å². The number of para-hydroxylation sites is 1. The highest BCUT2D eigenvalue weighted by molar-refractivity contribution is 5.84. The standard InChI is InChI=1S/C16H19N3O4/c1-10(2)7-13(15(22)17-8-14(20)21)19-9-18-12-6-4-3-5-11(12)16(19)23/h3-6,9-10,13H,7-8H2,1-2H3,(H,17,22)(H,20,21). The summed E-state index contributed by atoms with van der Waals surface area (Å²) in [4.78, 5) is 39.8. The molecule has 1 unspecified atom stereocenters. The average Bonchev–Trinajstić information content (AvgIpc) is 2.51. The maximum atomic E-state index is 12.6. The summed E-state index contributed by atoms with van der Waals surface area (Å²) in [6, 6.07) is 6.10. The Morgan fingerprint density at radius 2 is 2.00 bits per heavy atom. The molecule has 0 saturated heterocycles. The van der Waals surface area contributed by atoms with Crippen molar-refractivity contribution in [2.24, 2.45) is 5.92 Å². The molecule has 1 amide bonds. The quantitative estimate of drug-likeness (QED) is 0.833. The molecule has 122 valence electrons. The van der Waals surface area contributed by atoms with E-state index in [0.717, 1.165) is 0 Å². The predicted octanol–water partition coefficient (Wildman–Crippen LogP) is 1.18. The van der Waals surface area contributed by atoms with Gasteiger partial charge in [0.1, 0.15) is 12.6 Å². The van der Waals surface area contributed by atoms with Crippen molar-refractivity contribution in [2.45, 2.75) is 26.3 Å². The van der Waals surface area contributed by atoms with E-state index in [0.29, 0.717) is 17.3 Å². The lowest BCUT2D eigenvalue weighted by molar-refractivity contribution is -0.138. The number of carbonyl (C=O) groups excluding carboxylic acids is 1. The van der Waals surface area contributed by atoms with Crippen molar-refractivity contribution in [2.75, 3.05) is 6.54 Å². The van der Waals surface area contributed by atoms with Gasteiger partial charge in [-0.05, 0) is 24.5 Å². The van der Waals surface area contributed by atoms with E-state index in [2.05, 4.69) is 10.3 Å². The summed E-state index contributed by atoms with van der Waals surface area (Å²) < 4.78 is 1.28. The van der Waals surface area contributed by atoms with E-state index in [-0.39, 0.29) is 11.5 Å². The molecule has 1 heterocycles. The van der Waals surface area contributed by atoms with Crippen LogP contribution >= 0.6 is 0 Å². The Bertz CT molecular complexity index is 782. The second kappa shape index (κ2) is 7.04. The van der Waals surface area contributed by atoms with Crippen LogP contribution in [-0.2, 0) is 9.59 Å². The fourth-order valence-corrected chi connectivity index (χ4v) is 2.38. The molecule has 2 aromatic rings. The molecule has 1 aromatic heterocycles. The molecule has 0 saturated carbocycles. The van der Waals surface area contributed by atoms with Gasteiger partial charge in [-0.3, -0.25) is 19.0 Å². The van der Waals surface area contributed by atoms with Gasteiger partial charge in [-0.2, -0.15) is 0 Å². The number of hydrogen-bond acceptors (Lipinski definition) is 4. The number of benzene rings is 1. The number of carbonyl (C=O) groups is 2. The minimum absolute atomic E-state index is 0.147. The molecule has 0 bridgehead atoms. The smallest absolute Gasteiger partial charge is 0.322 e. The van der Waals surface area contributed by atoms with Crippen LogP contribution in [0.4, 0.5) is 0 Å². The molecular formula is C16H19N3O4. The molecule has 7 heteroatoms. The van der Waals surface area contributed by atoms with Gasteiger partial charge in [-0.15, -0.1) is 0 Å². The third-order valence-corrected chi connectivity index (χ3v) is 3.44. The van der Waals surface area contributed by atoms with Crippen LogP contribution in [-0.4, -0.2) is 33.1 Å². The van der Waals surface area contributed by atoms with Gasteiger partial charge in [0.15, 0.2) is 0 Å². The molecule has 23 heavy (non-hydrogen) atoms. The zero-order valence-electron chi connectivity index (χ0n) is 13.0.